The highest BCUT2D eigenvalue weighted by Gasteiger charge is 2.03. The lowest BCUT2D eigenvalue weighted by Gasteiger charge is -2.05. The van der Waals surface area contributed by atoms with Crippen LogP contribution in [0.25, 0.3) is 16.8 Å². The van der Waals surface area contributed by atoms with Crippen LogP contribution in [0.3, 0.4) is 0 Å². The Hall–Kier alpha value is -1.77. The number of halogens is 2. The zero-order valence-electron chi connectivity index (χ0n) is 11.8. The van der Waals surface area contributed by atoms with E-state index in [1.807, 2.05) is 60.7 Å². The molecule has 1 nitrogen and oxygen atoms in total. The van der Waals surface area contributed by atoms with Crippen molar-refractivity contribution in [3.05, 3.63) is 81.3 Å². The highest BCUT2D eigenvalue weighted by molar-refractivity contribution is 9.10. The Bertz CT molecular complexity index is 838. The van der Waals surface area contributed by atoms with Gasteiger partial charge in [-0.1, -0.05) is 57.9 Å². The van der Waals surface area contributed by atoms with Crippen LogP contribution in [-0.4, -0.2) is 5.11 Å². The second kappa shape index (κ2) is 6.55. The summed E-state index contributed by atoms with van der Waals surface area (Å²) < 4.78 is 1.04. The van der Waals surface area contributed by atoms with Crippen molar-refractivity contribution < 1.29 is 5.11 Å². The fraction of sp³-hybridized carbons (Fsp3) is 0.0526. The normalized spacial score (nSPS) is 11.4. The minimum Gasteiger partial charge on any atom is -0.508 e. The lowest BCUT2D eigenvalue weighted by Crippen LogP contribution is -1.84. The second-order valence-corrected chi connectivity index (χ2v) is 6.48. The van der Waals surface area contributed by atoms with Gasteiger partial charge in [0.2, 0.25) is 0 Å². The maximum absolute atomic E-state index is 10.1. The van der Waals surface area contributed by atoms with Crippen molar-refractivity contribution in [2.45, 2.75) is 6.42 Å². The van der Waals surface area contributed by atoms with Gasteiger partial charge in [0.15, 0.2) is 0 Å². The van der Waals surface area contributed by atoms with Crippen molar-refractivity contribution in [2.24, 2.45) is 0 Å². The molecule has 0 saturated heterocycles. The van der Waals surface area contributed by atoms with Crippen LogP contribution in [0.2, 0.25) is 5.02 Å². The second-order valence-electron chi connectivity index (χ2n) is 5.13. The van der Waals surface area contributed by atoms with Crippen molar-refractivity contribution in [2.75, 3.05) is 0 Å². The average molecular weight is 374 g/mol. The fourth-order valence-electron chi connectivity index (χ4n) is 2.36. The van der Waals surface area contributed by atoms with Gasteiger partial charge in [0.25, 0.3) is 0 Å². The SMILES string of the molecule is Oc1cc2ccc(Br)cc2cc1C/C=C/c1ccc(Cl)cc1. The van der Waals surface area contributed by atoms with Gasteiger partial charge in [0, 0.05) is 9.50 Å². The summed E-state index contributed by atoms with van der Waals surface area (Å²) in [5.74, 6) is 0.329. The van der Waals surface area contributed by atoms with E-state index in [1.165, 1.54) is 0 Å². The van der Waals surface area contributed by atoms with E-state index in [0.717, 1.165) is 31.4 Å². The zero-order chi connectivity index (χ0) is 15.5. The molecule has 3 aromatic carbocycles. The number of phenolic OH excluding ortho intramolecular Hbond substituents is 1. The quantitative estimate of drug-likeness (QED) is 0.578. The molecule has 0 aliphatic carbocycles. The van der Waals surface area contributed by atoms with Crippen LogP contribution in [0.5, 0.6) is 5.75 Å². The molecule has 0 aliphatic heterocycles. The van der Waals surface area contributed by atoms with E-state index in [2.05, 4.69) is 22.0 Å². The van der Waals surface area contributed by atoms with E-state index >= 15 is 0 Å². The first-order valence-electron chi connectivity index (χ1n) is 6.95. The standard InChI is InChI=1S/C19H14BrClO/c20-17-7-6-14-12-19(22)15(10-16(14)11-17)3-1-2-13-4-8-18(21)9-5-13/h1-2,4-12,22H,3H2/b2-1+. The Morgan fingerprint density at radius 3 is 2.50 bits per heavy atom. The molecule has 0 bridgehead atoms. The number of hydrogen-bond donors (Lipinski definition) is 1. The van der Waals surface area contributed by atoms with Crippen LogP contribution in [0.4, 0.5) is 0 Å². The smallest absolute Gasteiger partial charge is 0.119 e. The number of phenols is 1. The van der Waals surface area contributed by atoms with Gasteiger partial charge in [-0.3, -0.25) is 0 Å². The molecule has 0 spiro atoms. The van der Waals surface area contributed by atoms with Crippen LogP contribution >= 0.6 is 27.5 Å². The molecule has 0 fully saturated rings. The minimum atomic E-state index is 0.329. The van der Waals surface area contributed by atoms with Crippen LogP contribution in [0, 0.1) is 0 Å². The molecule has 3 aromatic rings. The predicted octanol–water partition coefficient (Wildman–Crippen LogP) is 6.22. The monoisotopic (exact) mass is 372 g/mol. The molecule has 0 amide bonds. The number of benzene rings is 3. The maximum Gasteiger partial charge on any atom is 0.119 e. The molecule has 1 N–H and O–H groups in total. The van der Waals surface area contributed by atoms with Crippen LogP contribution in [0.15, 0.2) is 65.1 Å². The van der Waals surface area contributed by atoms with Crippen LogP contribution in [-0.2, 0) is 6.42 Å². The molecule has 3 rings (SSSR count). The summed E-state index contributed by atoms with van der Waals surface area (Å²) >= 11 is 9.35. The number of hydrogen-bond acceptors (Lipinski definition) is 1. The Morgan fingerprint density at radius 2 is 1.73 bits per heavy atom. The third kappa shape index (κ3) is 3.52. The molecule has 0 aliphatic rings. The summed E-state index contributed by atoms with van der Waals surface area (Å²) in [5.41, 5.74) is 2.00. The molecule has 3 heteroatoms. The van der Waals surface area contributed by atoms with Crippen LogP contribution in [0.1, 0.15) is 11.1 Å². The van der Waals surface area contributed by atoms with Gasteiger partial charge < -0.3 is 5.11 Å². The Morgan fingerprint density at radius 1 is 0.955 bits per heavy atom. The Labute approximate surface area is 143 Å². The molecule has 0 aromatic heterocycles. The van der Waals surface area contributed by atoms with Gasteiger partial charge in [-0.2, -0.15) is 0 Å². The highest BCUT2D eigenvalue weighted by Crippen LogP contribution is 2.28. The Balaban J connectivity index is 1.83. The molecule has 0 unspecified atom stereocenters. The molecule has 110 valence electrons. The lowest BCUT2D eigenvalue weighted by atomic mass is 10.0. The number of fused-ring (bicyclic) bond motifs is 1. The van der Waals surface area contributed by atoms with E-state index in [0.29, 0.717) is 12.2 Å². The third-order valence-corrected chi connectivity index (χ3v) is 4.26. The molecular weight excluding hydrogens is 360 g/mol. The third-order valence-electron chi connectivity index (χ3n) is 3.52. The topological polar surface area (TPSA) is 20.2 Å². The van der Waals surface area contributed by atoms with Gasteiger partial charge in [0.1, 0.15) is 5.75 Å². The molecule has 0 heterocycles. The van der Waals surface area contributed by atoms with Crippen molar-refractivity contribution in [3.63, 3.8) is 0 Å². The lowest BCUT2D eigenvalue weighted by molar-refractivity contribution is 0.470. The van der Waals surface area contributed by atoms with Crippen molar-refractivity contribution in [3.8, 4) is 5.75 Å². The summed E-state index contributed by atoms with van der Waals surface area (Å²) in [5, 5.41) is 13.0. The zero-order valence-corrected chi connectivity index (χ0v) is 14.1. The summed E-state index contributed by atoms with van der Waals surface area (Å²) in [6.45, 7) is 0. The minimum absolute atomic E-state index is 0.329. The van der Waals surface area contributed by atoms with Crippen LogP contribution < -0.4 is 0 Å². The largest absolute Gasteiger partial charge is 0.508 e. The summed E-state index contributed by atoms with van der Waals surface area (Å²) in [4.78, 5) is 0. The average Bonchev–Trinajstić information content (AvgIpc) is 2.50. The first-order chi connectivity index (χ1) is 10.6. The van der Waals surface area contributed by atoms with Gasteiger partial charge >= 0.3 is 0 Å². The molecule has 22 heavy (non-hydrogen) atoms. The van der Waals surface area contributed by atoms with E-state index in [-0.39, 0.29) is 0 Å². The van der Waals surface area contributed by atoms with E-state index < -0.39 is 0 Å². The summed E-state index contributed by atoms with van der Waals surface area (Å²) in [6.07, 6.45) is 4.75. The van der Waals surface area contributed by atoms with E-state index in [4.69, 9.17) is 11.6 Å². The Kier molecular flexibility index (Phi) is 4.51. The summed E-state index contributed by atoms with van der Waals surface area (Å²) in [7, 11) is 0. The number of rotatable bonds is 3. The maximum atomic E-state index is 10.1. The molecular formula is C19H14BrClO. The molecule has 0 radical (unpaired) electrons. The van der Waals surface area contributed by atoms with Crippen molar-refractivity contribution in [1.29, 1.82) is 0 Å². The van der Waals surface area contributed by atoms with Gasteiger partial charge in [0.05, 0.1) is 0 Å². The van der Waals surface area contributed by atoms with Crippen molar-refractivity contribution in [1.82, 2.24) is 0 Å². The summed E-state index contributed by atoms with van der Waals surface area (Å²) in [6, 6.07) is 17.5. The predicted molar refractivity (Wildman–Crippen MR) is 97.5 cm³/mol. The highest BCUT2D eigenvalue weighted by atomic mass is 79.9. The molecule has 0 saturated carbocycles. The molecule has 0 atom stereocenters. The number of allylic oxidation sites excluding steroid dienone is 1. The fourth-order valence-corrected chi connectivity index (χ4v) is 2.87. The van der Waals surface area contributed by atoms with Gasteiger partial charge in [-0.15, -0.1) is 0 Å². The van der Waals surface area contributed by atoms with Gasteiger partial charge in [-0.25, -0.2) is 0 Å². The van der Waals surface area contributed by atoms with Crippen molar-refractivity contribution >= 4 is 44.4 Å². The van der Waals surface area contributed by atoms with E-state index in [1.54, 1.807) is 0 Å². The van der Waals surface area contributed by atoms with E-state index in [9.17, 15) is 5.11 Å². The van der Waals surface area contributed by atoms with Gasteiger partial charge in [-0.05, 0) is 64.7 Å². The first kappa shape index (κ1) is 15.1. The first-order valence-corrected chi connectivity index (χ1v) is 8.12. The number of aromatic hydroxyl groups is 1.